The Morgan fingerprint density at radius 1 is 1.02 bits per heavy atom. The second-order valence-electron chi connectivity index (χ2n) is 14.0. The number of amides is 1. The van der Waals surface area contributed by atoms with Crippen molar-refractivity contribution in [2.45, 2.75) is 69.6 Å². The van der Waals surface area contributed by atoms with E-state index in [4.69, 9.17) is 9.47 Å². The number of esters is 2. The van der Waals surface area contributed by atoms with E-state index in [0.29, 0.717) is 80.3 Å². The molecule has 2 saturated heterocycles. The average Bonchev–Trinajstić information content (AvgIpc) is 3.79. The summed E-state index contributed by atoms with van der Waals surface area (Å²) in [6.45, 7) is 4.72. The van der Waals surface area contributed by atoms with E-state index >= 15 is 0 Å². The molecule has 2 aliphatic heterocycles. The maximum absolute atomic E-state index is 14.8. The molecule has 6 rings (SSSR count). The van der Waals surface area contributed by atoms with Crippen LogP contribution in [-0.2, 0) is 38.4 Å². The van der Waals surface area contributed by atoms with Crippen LogP contribution < -0.4 is 14.9 Å². The van der Waals surface area contributed by atoms with E-state index in [9.17, 15) is 49.9 Å². The lowest BCUT2D eigenvalue weighted by Gasteiger charge is -2.47. The van der Waals surface area contributed by atoms with Crippen molar-refractivity contribution in [3.63, 3.8) is 0 Å². The minimum Gasteiger partial charge on any atom is -0.449 e. The maximum Gasteiger partial charge on any atom is 0.491 e. The number of morpholine rings is 1. The summed E-state index contributed by atoms with van der Waals surface area (Å²) in [7, 11) is 0. The number of nitrogens with zero attached hydrogens (tertiary/aromatic N) is 3. The van der Waals surface area contributed by atoms with Crippen LogP contribution in [0.4, 0.5) is 30.7 Å². The Kier molecular flexibility index (Phi) is 13.3. The molecule has 2 fully saturated rings. The number of hydrogen-bond acceptors (Lipinski definition) is 12. The monoisotopic (exact) mass is 861 g/mol. The second kappa shape index (κ2) is 17.8. The van der Waals surface area contributed by atoms with Crippen LogP contribution in [0.3, 0.4) is 0 Å². The highest BCUT2D eigenvalue weighted by molar-refractivity contribution is 7.16. The van der Waals surface area contributed by atoms with E-state index in [1.165, 1.54) is 23.5 Å². The Morgan fingerprint density at radius 2 is 1.74 bits per heavy atom. The van der Waals surface area contributed by atoms with Gasteiger partial charge in [-0.3, -0.25) is 14.5 Å². The molecule has 2 aromatic carbocycles. The molecular weight excluding hydrogens is 824 g/mol. The molecule has 4 aromatic rings. The van der Waals surface area contributed by atoms with Gasteiger partial charge < -0.3 is 29.4 Å². The number of fused-ring (bicyclic) bond motifs is 1. The molecule has 2 aliphatic rings. The quantitative estimate of drug-likeness (QED) is 0.0702. The van der Waals surface area contributed by atoms with Gasteiger partial charge in [0.2, 0.25) is 0 Å². The summed E-state index contributed by atoms with van der Waals surface area (Å²) >= 11 is 1.88. The molecule has 314 valence electrons. The number of piperidine rings is 1. The molecule has 0 radical (unpaired) electrons. The standard InChI is InChI=1S/C37H38F7N5O7S2/c1-2-3-28-46-25(19-57-28)31(50)49-12-13-54-35(20-49)7-10-48(11-8-35)18-22-14-21(15-23(38)16-22)6-9-45-17-27(56-33(52)37(42,43)44)24-4-5-26(55-32(51)36(39,40)41)29-30(24)58-34(53)47-29/h4-5,14-16,19,27,45H,2-3,6-13,17-18,20H2,1H3,(H,47,53)/t27-/m0/s1. The third-order valence-corrected chi connectivity index (χ3v) is 11.6. The fraction of sp³-hybridized carbons (Fsp3) is 0.486. The van der Waals surface area contributed by atoms with Crippen molar-refractivity contribution in [3.8, 4) is 5.75 Å². The number of nitrogens with one attached hydrogen (secondary N) is 2. The Hall–Kier alpha value is -4.44. The number of carbonyl (C=O) groups is 3. The Labute approximate surface area is 334 Å². The Morgan fingerprint density at radius 3 is 2.45 bits per heavy atom. The largest absolute Gasteiger partial charge is 0.491 e. The van der Waals surface area contributed by atoms with E-state index < -0.39 is 64.5 Å². The zero-order valence-electron chi connectivity index (χ0n) is 30.9. The zero-order valence-corrected chi connectivity index (χ0v) is 32.5. The van der Waals surface area contributed by atoms with Gasteiger partial charge in [0.25, 0.3) is 5.91 Å². The van der Waals surface area contributed by atoms with Gasteiger partial charge in [-0.2, -0.15) is 26.3 Å². The van der Waals surface area contributed by atoms with Crippen molar-refractivity contribution in [1.82, 2.24) is 25.1 Å². The van der Waals surface area contributed by atoms with E-state index in [2.05, 4.69) is 31.8 Å². The fourth-order valence-corrected chi connectivity index (χ4v) is 8.74. The number of aromatic amines is 1. The zero-order chi connectivity index (χ0) is 41.8. The molecule has 12 nitrogen and oxygen atoms in total. The van der Waals surface area contributed by atoms with Crippen molar-refractivity contribution in [1.29, 1.82) is 0 Å². The maximum atomic E-state index is 14.8. The van der Waals surface area contributed by atoms with Crippen molar-refractivity contribution in [2.75, 3.05) is 45.9 Å². The topological polar surface area (TPSA) is 143 Å². The van der Waals surface area contributed by atoms with E-state index in [0.717, 1.165) is 30.0 Å². The molecule has 1 amide bonds. The third-order valence-electron chi connectivity index (χ3n) is 9.71. The summed E-state index contributed by atoms with van der Waals surface area (Å²) in [6.07, 6.45) is -9.20. The van der Waals surface area contributed by atoms with E-state index in [1.54, 1.807) is 16.3 Å². The number of aromatic nitrogens is 2. The van der Waals surface area contributed by atoms with Gasteiger partial charge in [-0.1, -0.05) is 24.3 Å². The van der Waals surface area contributed by atoms with Gasteiger partial charge in [0.15, 0.2) is 5.75 Å². The SMILES string of the molecule is CCCc1nc(C(=O)N2CCOC3(CCN(Cc4cc(F)cc(CCNC[C@H](OC(=O)C(F)(F)F)c5ccc(OC(=O)C(F)(F)F)c6[nH]c(=O)sc56)c4)CC3)C2)cs1. The van der Waals surface area contributed by atoms with Gasteiger partial charge in [-0.25, -0.2) is 19.0 Å². The van der Waals surface area contributed by atoms with Gasteiger partial charge in [-0.15, -0.1) is 11.3 Å². The molecular formula is C37H38F7N5O7S2. The van der Waals surface area contributed by atoms with Crippen LogP contribution in [0, 0.1) is 5.82 Å². The molecule has 4 heterocycles. The van der Waals surface area contributed by atoms with Crippen LogP contribution in [0.25, 0.3) is 10.2 Å². The van der Waals surface area contributed by atoms with Gasteiger partial charge >= 0.3 is 29.2 Å². The highest BCUT2D eigenvalue weighted by Gasteiger charge is 2.44. The molecule has 0 aliphatic carbocycles. The number of thiazole rings is 2. The van der Waals surface area contributed by atoms with Crippen molar-refractivity contribution < 1.29 is 59.3 Å². The summed E-state index contributed by atoms with van der Waals surface area (Å²) in [5, 5.41) is 5.61. The number of halogens is 7. The number of rotatable bonds is 13. The third kappa shape index (κ3) is 10.6. The minimum absolute atomic E-state index is 0.0658. The van der Waals surface area contributed by atoms with Gasteiger partial charge in [0, 0.05) is 43.7 Å². The first-order valence-electron chi connectivity index (χ1n) is 18.2. The van der Waals surface area contributed by atoms with Crippen LogP contribution in [0.1, 0.15) is 64.5 Å². The van der Waals surface area contributed by atoms with E-state index in [1.807, 2.05) is 0 Å². The summed E-state index contributed by atoms with van der Waals surface area (Å²) in [4.78, 5) is 58.6. The van der Waals surface area contributed by atoms with Crippen LogP contribution in [0.2, 0.25) is 0 Å². The smallest absolute Gasteiger partial charge is 0.449 e. The lowest BCUT2D eigenvalue weighted by molar-refractivity contribution is -0.205. The first-order valence-corrected chi connectivity index (χ1v) is 19.9. The Balaban J connectivity index is 1.06. The van der Waals surface area contributed by atoms with Crippen LogP contribution in [-0.4, -0.2) is 101 Å². The molecule has 2 aromatic heterocycles. The predicted molar refractivity (Wildman–Crippen MR) is 197 cm³/mol. The predicted octanol–water partition coefficient (Wildman–Crippen LogP) is 6.09. The highest BCUT2D eigenvalue weighted by Crippen LogP contribution is 2.36. The number of benzene rings is 2. The Bertz CT molecular complexity index is 2180. The summed E-state index contributed by atoms with van der Waals surface area (Å²) in [6, 6.07) is 6.35. The molecule has 0 unspecified atom stereocenters. The van der Waals surface area contributed by atoms with Crippen molar-refractivity contribution in [2.24, 2.45) is 0 Å². The first kappa shape index (κ1) is 43.1. The van der Waals surface area contributed by atoms with Crippen molar-refractivity contribution >= 4 is 50.7 Å². The molecule has 1 spiro atoms. The number of carbonyl (C=O) groups excluding carboxylic acids is 3. The molecule has 2 N–H and O–H groups in total. The van der Waals surface area contributed by atoms with Crippen LogP contribution >= 0.6 is 22.7 Å². The normalized spacial score (nSPS) is 16.8. The minimum atomic E-state index is -5.40. The number of likely N-dealkylation sites (tertiary alicyclic amines) is 1. The molecule has 1 atom stereocenters. The van der Waals surface area contributed by atoms with E-state index in [-0.39, 0.29) is 29.1 Å². The summed E-state index contributed by atoms with van der Waals surface area (Å²) < 4.78 is 108. The number of alkyl halides is 6. The molecule has 21 heteroatoms. The fourth-order valence-electron chi connectivity index (χ4n) is 6.95. The number of ether oxygens (including phenoxy) is 3. The summed E-state index contributed by atoms with van der Waals surface area (Å²) in [5.41, 5.74) is 0.621. The second-order valence-corrected chi connectivity index (χ2v) is 15.9. The molecule has 0 bridgehead atoms. The van der Waals surface area contributed by atoms with Gasteiger partial charge in [0.05, 0.1) is 28.5 Å². The number of H-pyrrole nitrogens is 1. The number of hydrogen-bond donors (Lipinski definition) is 2. The lowest BCUT2D eigenvalue weighted by atomic mass is 9.89. The average molecular weight is 862 g/mol. The lowest BCUT2D eigenvalue weighted by Crippen LogP contribution is -2.58. The highest BCUT2D eigenvalue weighted by atomic mass is 32.1. The molecule has 0 saturated carbocycles. The van der Waals surface area contributed by atoms with Crippen LogP contribution in [0.15, 0.2) is 40.5 Å². The van der Waals surface area contributed by atoms with Crippen LogP contribution in [0.5, 0.6) is 5.75 Å². The first-order chi connectivity index (χ1) is 27.4. The molecule has 58 heavy (non-hydrogen) atoms. The van der Waals surface area contributed by atoms with Gasteiger partial charge in [0.1, 0.15) is 23.1 Å². The van der Waals surface area contributed by atoms with Gasteiger partial charge in [-0.05, 0) is 74.0 Å². The number of aryl methyl sites for hydroxylation is 1. The van der Waals surface area contributed by atoms with Crippen molar-refractivity contribution in [3.05, 3.63) is 78.6 Å². The summed E-state index contributed by atoms with van der Waals surface area (Å²) in [5.74, 6) is -6.47.